The Kier molecular flexibility index (Phi) is 5.31. The second-order valence-corrected chi connectivity index (χ2v) is 7.29. The largest absolute Gasteiger partial charge is 0.333 e. The lowest BCUT2D eigenvalue weighted by atomic mass is 10.2. The SMILES string of the molecule is CCN1CCN(C(=O)c2nc(C(=O)Nc3ccc(C)cc3)c3ccccn23)CC1. The zero-order valence-electron chi connectivity index (χ0n) is 16.8. The number of anilines is 1. The van der Waals surface area contributed by atoms with Gasteiger partial charge in [0.2, 0.25) is 5.82 Å². The number of amides is 2. The van der Waals surface area contributed by atoms with E-state index >= 15 is 0 Å². The number of nitrogens with one attached hydrogen (secondary N) is 1. The average molecular weight is 391 g/mol. The van der Waals surface area contributed by atoms with Crippen LogP contribution in [0.1, 0.15) is 33.6 Å². The number of nitrogens with zero attached hydrogens (tertiary/aromatic N) is 4. The second kappa shape index (κ2) is 8.05. The quantitative estimate of drug-likeness (QED) is 0.742. The molecular formula is C22H25N5O2. The lowest BCUT2D eigenvalue weighted by Crippen LogP contribution is -2.48. The first kappa shape index (κ1) is 19.1. The van der Waals surface area contributed by atoms with Gasteiger partial charge in [-0.2, -0.15) is 0 Å². The molecule has 150 valence electrons. The van der Waals surface area contributed by atoms with Gasteiger partial charge < -0.3 is 15.1 Å². The minimum atomic E-state index is -0.326. The van der Waals surface area contributed by atoms with E-state index in [0.717, 1.165) is 25.2 Å². The predicted octanol–water partition coefficient (Wildman–Crippen LogP) is 2.67. The van der Waals surface area contributed by atoms with Crippen molar-refractivity contribution in [3.63, 3.8) is 0 Å². The number of aryl methyl sites for hydroxylation is 1. The molecular weight excluding hydrogens is 366 g/mol. The fourth-order valence-electron chi connectivity index (χ4n) is 3.59. The molecule has 7 heteroatoms. The highest BCUT2D eigenvalue weighted by Gasteiger charge is 2.27. The van der Waals surface area contributed by atoms with Crippen LogP contribution in [0.15, 0.2) is 48.7 Å². The molecule has 0 atom stereocenters. The van der Waals surface area contributed by atoms with Gasteiger partial charge in [-0.1, -0.05) is 30.7 Å². The fourth-order valence-corrected chi connectivity index (χ4v) is 3.59. The molecule has 4 rings (SSSR count). The van der Waals surface area contributed by atoms with Crippen molar-refractivity contribution < 1.29 is 9.59 Å². The summed E-state index contributed by atoms with van der Waals surface area (Å²) in [4.78, 5) is 34.6. The maximum Gasteiger partial charge on any atom is 0.290 e. The Morgan fingerprint density at radius 3 is 2.45 bits per heavy atom. The smallest absolute Gasteiger partial charge is 0.290 e. The number of hydrogen-bond acceptors (Lipinski definition) is 4. The standard InChI is InChI=1S/C22H25N5O2/c1-3-25-12-14-26(15-13-25)22(29)20-24-19(18-6-4-5-11-27(18)20)21(28)23-17-9-7-16(2)8-10-17/h4-11H,3,12-15H2,1-2H3,(H,23,28). The number of rotatable bonds is 4. The highest BCUT2D eigenvalue weighted by atomic mass is 16.2. The Bertz CT molecular complexity index is 1030. The molecule has 7 nitrogen and oxygen atoms in total. The van der Waals surface area contributed by atoms with Gasteiger partial charge in [0.05, 0.1) is 5.52 Å². The van der Waals surface area contributed by atoms with Crippen LogP contribution in [0.5, 0.6) is 0 Å². The third kappa shape index (κ3) is 3.86. The van der Waals surface area contributed by atoms with Gasteiger partial charge in [0, 0.05) is 38.1 Å². The molecule has 1 saturated heterocycles. The monoisotopic (exact) mass is 391 g/mol. The molecule has 1 aliphatic rings. The molecule has 2 amide bonds. The van der Waals surface area contributed by atoms with Crippen molar-refractivity contribution in [3.8, 4) is 0 Å². The van der Waals surface area contributed by atoms with E-state index in [1.807, 2.05) is 54.3 Å². The molecule has 0 saturated carbocycles. The number of fused-ring (bicyclic) bond motifs is 1. The van der Waals surface area contributed by atoms with Crippen molar-refractivity contribution in [2.75, 3.05) is 38.0 Å². The van der Waals surface area contributed by atoms with E-state index in [9.17, 15) is 9.59 Å². The summed E-state index contributed by atoms with van der Waals surface area (Å²) >= 11 is 0. The third-order valence-corrected chi connectivity index (χ3v) is 5.37. The van der Waals surface area contributed by atoms with Crippen LogP contribution in [-0.4, -0.2) is 63.7 Å². The zero-order chi connectivity index (χ0) is 20.4. The van der Waals surface area contributed by atoms with Crippen molar-refractivity contribution in [2.45, 2.75) is 13.8 Å². The molecule has 1 fully saturated rings. The predicted molar refractivity (Wildman–Crippen MR) is 112 cm³/mol. The molecule has 0 radical (unpaired) electrons. The van der Waals surface area contributed by atoms with Crippen LogP contribution >= 0.6 is 0 Å². The normalized spacial score (nSPS) is 14.9. The molecule has 3 heterocycles. The minimum Gasteiger partial charge on any atom is -0.333 e. The third-order valence-electron chi connectivity index (χ3n) is 5.37. The van der Waals surface area contributed by atoms with Gasteiger partial charge in [0.15, 0.2) is 5.69 Å². The summed E-state index contributed by atoms with van der Waals surface area (Å²) in [5, 5.41) is 2.88. The topological polar surface area (TPSA) is 69.9 Å². The van der Waals surface area contributed by atoms with Gasteiger partial charge in [-0.25, -0.2) is 4.98 Å². The zero-order valence-corrected chi connectivity index (χ0v) is 16.8. The molecule has 0 unspecified atom stereocenters. The van der Waals surface area contributed by atoms with Crippen LogP contribution in [0.4, 0.5) is 5.69 Å². The van der Waals surface area contributed by atoms with E-state index in [1.165, 1.54) is 0 Å². The Balaban J connectivity index is 1.62. The lowest BCUT2D eigenvalue weighted by Gasteiger charge is -2.33. The molecule has 29 heavy (non-hydrogen) atoms. The van der Waals surface area contributed by atoms with Crippen molar-refractivity contribution >= 4 is 23.0 Å². The van der Waals surface area contributed by atoms with Gasteiger partial charge in [-0.15, -0.1) is 0 Å². The van der Waals surface area contributed by atoms with Gasteiger partial charge in [-0.05, 0) is 37.7 Å². The number of piperazine rings is 1. The van der Waals surface area contributed by atoms with E-state index in [0.29, 0.717) is 24.3 Å². The Morgan fingerprint density at radius 1 is 1.03 bits per heavy atom. The van der Waals surface area contributed by atoms with Crippen LogP contribution < -0.4 is 5.32 Å². The minimum absolute atomic E-state index is 0.142. The van der Waals surface area contributed by atoms with Crippen molar-refractivity contribution in [2.24, 2.45) is 0 Å². The summed E-state index contributed by atoms with van der Waals surface area (Å²) in [6.45, 7) is 8.14. The van der Waals surface area contributed by atoms with E-state index in [1.54, 1.807) is 10.6 Å². The van der Waals surface area contributed by atoms with Gasteiger partial charge >= 0.3 is 0 Å². The first-order chi connectivity index (χ1) is 14.1. The fraction of sp³-hybridized carbons (Fsp3) is 0.318. The number of pyridine rings is 1. The number of aromatic nitrogens is 2. The van der Waals surface area contributed by atoms with Crippen molar-refractivity contribution in [3.05, 3.63) is 65.7 Å². The summed E-state index contributed by atoms with van der Waals surface area (Å²) in [7, 11) is 0. The number of benzene rings is 1. The molecule has 1 aromatic carbocycles. The highest BCUT2D eigenvalue weighted by molar-refractivity contribution is 6.08. The van der Waals surface area contributed by atoms with E-state index in [2.05, 4.69) is 22.1 Å². The van der Waals surface area contributed by atoms with Crippen LogP contribution in [0.25, 0.3) is 5.52 Å². The van der Waals surface area contributed by atoms with Gasteiger partial charge in [-0.3, -0.25) is 14.0 Å². The molecule has 2 aromatic heterocycles. The van der Waals surface area contributed by atoms with Gasteiger partial charge in [0.1, 0.15) is 0 Å². The van der Waals surface area contributed by atoms with Crippen molar-refractivity contribution in [1.82, 2.24) is 19.2 Å². The number of carbonyl (C=O) groups is 2. The summed E-state index contributed by atoms with van der Waals surface area (Å²) < 4.78 is 1.71. The average Bonchev–Trinajstić information content (AvgIpc) is 3.15. The van der Waals surface area contributed by atoms with E-state index < -0.39 is 0 Å². The number of carbonyl (C=O) groups excluding carboxylic acids is 2. The molecule has 0 spiro atoms. The molecule has 3 aromatic rings. The molecule has 1 aliphatic heterocycles. The molecule has 0 bridgehead atoms. The van der Waals surface area contributed by atoms with E-state index in [-0.39, 0.29) is 23.3 Å². The maximum atomic E-state index is 13.1. The highest BCUT2D eigenvalue weighted by Crippen LogP contribution is 2.18. The molecule has 1 N–H and O–H groups in total. The first-order valence-electron chi connectivity index (χ1n) is 9.93. The second-order valence-electron chi connectivity index (χ2n) is 7.29. The van der Waals surface area contributed by atoms with E-state index in [4.69, 9.17) is 0 Å². The maximum absolute atomic E-state index is 13.1. The van der Waals surface area contributed by atoms with Crippen LogP contribution in [0, 0.1) is 6.92 Å². The summed E-state index contributed by atoms with van der Waals surface area (Å²) in [5.41, 5.74) is 2.68. The Labute approximate surface area is 169 Å². The van der Waals surface area contributed by atoms with Crippen LogP contribution in [0.2, 0.25) is 0 Å². The number of likely N-dealkylation sites (N-methyl/N-ethyl adjacent to an activating group) is 1. The summed E-state index contributed by atoms with van der Waals surface area (Å²) in [6.07, 6.45) is 1.78. The number of imidazole rings is 1. The Hall–Kier alpha value is -3.19. The molecule has 0 aliphatic carbocycles. The van der Waals surface area contributed by atoms with Crippen molar-refractivity contribution in [1.29, 1.82) is 0 Å². The summed E-state index contributed by atoms with van der Waals surface area (Å²) in [5.74, 6) is -0.191. The first-order valence-corrected chi connectivity index (χ1v) is 9.93. The lowest BCUT2D eigenvalue weighted by molar-refractivity contribution is 0.0630. The van der Waals surface area contributed by atoms with Crippen LogP contribution in [0.3, 0.4) is 0 Å². The Morgan fingerprint density at radius 2 is 1.76 bits per heavy atom. The summed E-state index contributed by atoms with van der Waals surface area (Å²) in [6, 6.07) is 13.1. The van der Waals surface area contributed by atoms with Crippen LogP contribution in [-0.2, 0) is 0 Å². The van der Waals surface area contributed by atoms with Gasteiger partial charge in [0.25, 0.3) is 11.8 Å². The number of hydrogen-bond donors (Lipinski definition) is 1.